The van der Waals surface area contributed by atoms with Gasteiger partial charge in [0.25, 0.3) is 0 Å². The van der Waals surface area contributed by atoms with E-state index in [0.717, 1.165) is 47.1 Å². The molecule has 1 fully saturated rings. The molecule has 1 saturated heterocycles. The first-order chi connectivity index (χ1) is 14.7. The second-order valence-electron chi connectivity index (χ2n) is 7.67. The van der Waals surface area contributed by atoms with Crippen LogP contribution < -0.4 is 9.47 Å². The highest BCUT2D eigenvalue weighted by Gasteiger charge is 2.12. The van der Waals surface area contributed by atoms with Gasteiger partial charge in [-0.2, -0.15) is 5.10 Å². The Kier molecular flexibility index (Phi) is 6.59. The van der Waals surface area contributed by atoms with Crippen molar-refractivity contribution in [2.45, 2.75) is 25.7 Å². The molecule has 7 heteroatoms. The van der Waals surface area contributed by atoms with Gasteiger partial charge in [0.15, 0.2) is 11.5 Å². The van der Waals surface area contributed by atoms with Crippen molar-refractivity contribution >= 4 is 0 Å². The lowest BCUT2D eigenvalue weighted by atomic mass is 10.1. The van der Waals surface area contributed by atoms with Crippen LogP contribution in [-0.2, 0) is 13.5 Å². The molecule has 0 unspecified atom stereocenters. The smallest absolute Gasteiger partial charge is 0.161 e. The summed E-state index contributed by atoms with van der Waals surface area (Å²) in [7, 11) is 3.57. The molecule has 1 aromatic carbocycles. The number of ether oxygens (including phenoxy) is 2. The molecule has 1 aliphatic heterocycles. The number of aromatic nitrogens is 4. The van der Waals surface area contributed by atoms with Crippen LogP contribution in [0.15, 0.2) is 42.9 Å². The minimum Gasteiger partial charge on any atom is -0.493 e. The normalized spacial score (nSPS) is 14.2. The van der Waals surface area contributed by atoms with Crippen molar-refractivity contribution in [3.05, 3.63) is 54.2 Å². The molecule has 7 nitrogen and oxygen atoms in total. The summed E-state index contributed by atoms with van der Waals surface area (Å²) in [5, 5.41) is 4.22. The summed E-state index contributed by atoms with van der Waals surface area (Å²) in [6, 6.07) is 7.93. The first kappa shape index (κ1) is 20.3. The van der Waals surface area contributed by atoms with Crippen molar-refractivity contribution in [1.29, 1.82) is 0 Å². The Morgan fingerprint density at radius 3 is 2.73 bits per heavy atom. The Hall–Kier alpha value is -2.93. The van der Waals surface area contributed by atoms with Gasteiger partial charge in [-0.3, -0.25) is 4.68 Å². The van der Waals surface area contributed by atoms with Crippen LogP contribution in [0.4, 0.5) is 0 Å². The predicted octanol–water partition coefficient (Wildman–Crippen LogP) is 3.34. The number of hydrogen-bond donors (Lipinski definition) is 0. The standard InChI is InChI=1S/C23H29N5O2/c1-27-17-19(16-25-27)20-8-9-24-23(26-20)15-18-6-7-21(29-2)22(14-18)30-13-5-12-28-10-3-4-11-28/h6-9,14,16-17H,3-5,10-13,15H2,1-2H3. The van der Waals surface area contributed by atoms with Crippen LogP contribution in [0.3, 0.4) is 0 Å². The van der Waals surface area contributed by atoms with E-state index >= 15 is 0 Å². The molecule has 4 rings (SSSR count). The second kappa shape index (κ2) is 9.71. The van der Waals surface area contributed by atoms with Crippen LogP contribution in [0.1, 0.15) is 30.7 Å². The number of methoxy groups -OCH3 is 1. The highest BCUT2D eigenvalue weighted by molar-refractivity contribution is 5.56. The van der Waals surface area contributed by atoms with Gasteiger partial charge >= 0.3 is 0 Å². The van der Waals surface area contributed by atoms with Gasteiger partial charge in [0.05, 0.1) is 25.6 Å². The predicted molar refractivity (Wildman–Crippen MR) is 116 cm³/mol. The molecule has 0 atom stereocenters. The van der Waals surface area contributed by atoms with Crippen molar-refractivity contribution in [2.24, 2.45) is 7.05 Å². The van der Waals surface area contributed by atoms with E-state index in [-0.39, 0.29) is 0 Å². The Morgan fingerprint density at radius 2 is 1.97 bits per heavy atom. The van der Waals surface area contributed by atoms with Crippen molar-refractivity contribution in [3.8, 4) is 22.8 Å². The van der Waals surface area contributed by atoms with Crippen LogP contribution in [-0.4, -0.2) is 58.0 Å². The molecule has 0 amide bonds. The Morgan fingerprint density at radius 1 is 1.10 bits per heavy atom. The monoisotopic (exact) mass is 407 g/mol. The topological polar surface area (TPSA) is 65.3 Å². The van der Waals surface area contributed by atoms with Crippen LogP contribution in [0.5, 0.6) is 11.5 Å². The minimum atomic E-state index is 0.627. The number of hydrogen-bond acceptors (Lipinski definition) is 6. The summed E-state index contributed by atoms with van der Waals surface area (Å²) in [5.74, 6) is 2.30. The highest BCUT2D eigenvalue weighted by Crippen LogP contribution is 2.29. The zero-order valence-corrected chi connectivity index (χ0v) is 17.8. The Bertz CT molecular complexity index is 966. The number of rotatable bonds is 9. The van der Waals surface area contributed by atoms with Crippen LogP contribution in [0.25, 0.3) is 11.3 Å². The second-order valence-corrected chi connectivity index (χ2v) is 7.67. The molecule has 0 radical (unpaired) electrons. The first-order valence-corrected chi connectivity index (χ1v) is 10.5. The fourth-order valence-corrected chi connectivity index (χ4v) is 3.80. The van der Waals surface area contributed by atoms with Gasteiger partial charge in [0, 0.05) is 38.0 Å². The average molecular weight is 408 g/mol. The summed E-state index contributed by atoms with van der Waals surface area (Å²) in [4.78, 5) is 11.6. The summed E-state index contributed by atoms with van der Waals surface area (Å²) >= 11 is 0. The third kappa shape index (κ3) is 5.16. The Labute approximate surface area is 177 Å². The van der Waals surface area contributed by atoms with Crippen LogP contribution in [0, 0.1) is 0 Å². The van der Waals surface area contributed by atoms with Gasteiger partial charge in [0.2, 0.25) is 0 Å². The summed E-state index contributed by atoms with van der Waals surface area (Å²) in [6.45, 7) is 4.22. The molecule has 158 valence electrons. The molecule has 0 N–H and O–H groups in total. The molecule has 0 spiro atoms. The number of likely N-dealkylation sites (tertiary alicyclic amines) is 1. The van der Waals surface area contributed by atoms with Gasteiger partial charge in [0.1, 0.15) is 5.82 Å². The molecule has 0 bridgehead atoms. The molecular weight excluding hydrogens is 378 g/mol. The zero-order chi connectivity index (χ0) is 20.8. The molecule has 3 aromatic rings. The number of aryl methyl sites for hydroxylation is 1. The maximum absolute atomic E-state index is 6.06. The van der Waals surface area contributed by atoms with Crippen molar-refractivity contribution in [1.82, 2.24) is 24.6 Å². The first-order valence-electron chi connectivity index (χ1n) is 10.5. The van der Waals surface area contributed by atoms with Gasteiger partial charge in [-0.25, -0.2) is 9.97 Å². The van der Waals surface area contributed by atoms with Crippen molar-refractivity contribution in [3.63, 3.8) is 0 Å². The molecule has 1 aliphatic rings. The minimum absolute atomic E-state index is 0.627. The number of nitrogens with zero attached hydrogens (tertiary/aromatic N) is 5. The fraction of sp³-hybridized carbons (Fsp3) is 0.435. The summed E-state index contributed by atoms with van der Waals surface area (Å²) in [6.07, 6.45) is 9.85. The van der Waals surface area contributed by atoms with E-state index in [1.54, 1.807) is 18.0 Å². The largest absolute Gasteiger partial charge is 0.493 e. The van der Waals surface area contributed by atoms with E-state index in [2.05, 4.69) is 15.0 Å². The maximum Gasteiger partial charge on any atom is 0.161 e. The molecule has 2 aromatic heterocycles. The quantitative estimate of drug-likeness (QED) is 0.507. The third-order valence-corrected chi connectivity index (χ3v) is 5.37. The third-order valence-electron chi connectivity index (χ3n) is 5.37. The van der Waals surface area contributed by atoms with Crippen LogP contribution >= 0.6 is 0 Å². The van der Waals surface area contributed by atoms with E-state index < -0.39 is 0 Å². The lowest BCUT2D eigenvalue weighted by Crippen LogP contribution is -2.21. The highest BCUT2D eigenvalue weighted by atomic mass is 16.5. The van der Waals surface area contributed by atoms with E-state index in [4.69, 9.17) is 14.5 Å². The SMILES string of the molecule is COc1ccc(Cc2nccc(-c3cnn(C)c3)n2)cc1OCCCN1CCCC1. The van der Waals surface area contributed by atoms with Crippen molar-refractivity contribution in [2.75, 3.05) is 33.4 Å². The van der Waals surface area contributed by atoms with Gasteiger partial charge < -0.3 is 14.4 Å². The number of benzene rings is 1. The van der Waals surface area contributed by atoms with E-state index in [9.17, 15) is 0 Å². The molecule has 0 aliphatic carbocycles. The lowest BCUT2D eigenvalue weighted by Gasteiger charge is -2.16. The fourth-order valence-electron chi connectivity index (χ4n) is 3.80. The molecule has 30 heavy (non-hydrogen) atoms. The molecule has 3 heterocycles. The van der Waals surface area contributed by atoms with Gasteiger partial charge in [-0.15, -0.1) is 0 Å². The summed E-state index contributed by atoms with van der Waals surface area (Å²) in [5.41, 5.74) is 2.95. The van der Waals surface area contributed by atoms with E-state index in [0.29, 0.717) is 13.0 Å². The molecule has 0 saturated carbocycles. The Balaban J connectivity index is 1.41. The maximum atomic E-state index is 6.06. The van der Waals surface area contributed by atoms with Gasteiger partial charge in [-0.05, 0) is 56.1 Å². The van der Waals surface area contributed by atoms with Crippen molar-refractivity contribution < 1.29 is 9.47 Å². The van der Waals surface area contributed by atoms with Crippen LogP contribution in [0.2, 0.25) is 0 Å². The average Bonchev–Trinajstić information content (AvgIpc) is 3.43. The molecular formula is C23H29N5O2. The lowest BCUT2D eigenvalue weighted by molar-refractivity contribution is 0.254. The van der Waals surface area contributed by atoms with E-state index in [1.165, 1.54) is 25.9 Å². The zero-order valence-electron chi connectivity index (χ0n) is 17.8. The van der Waals surface area contributed by atoms with Gasteiger partial charge in [-0.1, -0.05) is 6.07 Å². The van der Waals surface area contributed by atoms with E-state index in [1.807, 2.05) is 43.7 Å². The summed E-state index contributed by atoms with van der Waals surface area (Å²) < 4.78 is 13.3.